The van der Waals surface area contributed by atoms with Crippen LogP contribution in [0.15, 0.2) is 54.7 Å². The smallest absolute Gasteiger partial charge is 0.235 e. The van der Waals surface area contributed by atoms with E-state index in [9.17, 15) is 9.18 Å². The molecule has 132 valence electrons. The van der Waals surface area contributed by atoms with E-state index in [-0.39, 0.29) is 17.5 Å². The Hall–Kier alpha value is -2.31. The molecule has 1 amide bonds. The fourth-order valence-corrected chi connectivity index (χ4v) is 4.51. The number of rotatable bonds is 3. The van der Waals surface area contributed by atoms with Crippen LogP contribution in [0.1, 0.15) is 21.9 Å². The van der Waals surface area contributed by atoms with Gasteiger partial charge in [-0.3, -0.25) is 4.79 Å². The predicted molar refractivity (Wildman–Crippen MR) is 102 cm³/mol. The molecule has 0 unspecified atom stereocenters. The Kier molecular flexibility index (Phi) is 4.70. The van der Waals surface area contributed by atoms with E-state index in [1.54, 1.807) is 23.0 Å². The fraction of sp³-hybridized carbons (Fsp3) is 0.158. The number of amides is 1. The van der Waals surface area contributed by atoms with Crippen LogP contribution >= 0.6 is 23.4 Å². The Labute approximate surface area is 159 Å². The zero-order chi connectivity index (χ0) is 18.1. The van der Waals surface area contributed by atoms with Crippen LogP contribution in [0.2, 0.25) is 5.02 Å². The van der Waals surface area contributed by atoms with Crippen molar-refractivity contribution in [2.24, 2.45) is 0 Å². The van der Waals surface area contributed by atoms with E-state index < -0.39 is 5.25 Å². The van der Waals surface area contributed by atoms with Crippen molar-refractivity contribution in [3.8, 4) is 0 Å². The number of nitrogens with zero attached hydrogens (tertiary/aromatic N) is 2. The van der Waals surface area contributed by atoms with E-state index in [0.29, 0.717) is 22.9 Å². The van der Waals surface area contributed by atoms with Crippen LogP contribution in [0.3, 0.4) is 0 Å². The number of aromatic nitrogens is 2. The second-order valence-electron chi connectivity index (χ2n) is 5.97. The van der Waals surface area contributed by atoms with Gasteiger partial charge in [0.05, 0.1) is 23.7 Å². The zero-order valence-corrected chi connectivity index (χ0v) is 15.2. The first-order valence-corrected chi connectivity index (χ1v) is 9.51. The lowest BCUT2D eigenvalue weighted by Gasteiger charge is -2.16. The summed E-state index contributed by atoms with van der Waals surface area (Å²) in [5.41, 5.74) is 2.20. The molecule has 1 aliphatic heterocycles. The molecule has 1 N–H and O–H groups in total. The molecule has 0 saturated heterocycles. The molecule has 2 heterocycles. The number of thioether (sulfide) groups is 1. The minimum absolute atomic E-state index is 0.138. The Bertz CT molecular complexity index is 940. The van der Waals surface area contributed by atoms with Gasteiger partial charge in [-0.2, -0.15) is 5.10 Å². The summed E-state index contributed by atoms with van der Waals surface area (Å²) < 4.78 is 16.2. The third-order valence-corrected chi connectivity index (χ3v) is 5.81. The topological polar surface area (TPSA) is 46.9 Å². The zero-order valence-electron chi connectivity index (χ0n) is 13.7. The van der Waals surface area contributed by atoms with Gasteiger partial charge in [0, 0.05) is 16.1 Å². The third kappa shape index (κ3) is 3.22. The van der Waals surface area contributed by atoms with E-state index in [1.807, 2.05) is 30.3 Å². The first kappa shape index (κ1) is 17.1. The number of carbonyl (C=O) groups is 1. The summed E-state index contributed by atoms with van der Waals surface area (Å²) >= 11 is 7.62. The summed E-state index contributed by atoms with van der Waals surface area (Å²) in [5.74, 6) is 0.287. The van der Waals surface area contributed by atoms with Gasteiger partial charge in [0.1, 0.15) is 11.6 Å². The van der Waals surface area contributed by atoms with Crippen molar-refractivity contribution < 1.29 is 9.18 Å². The second-order valence-corrected chi connectivity index (χ2v) is 7.47. The molecule has 0 aliphatic carbocycles. The summed E-state index contributed by atoms with van der Waals surface area (Å²) in [6.07, 6.45) is 1.68. The molecule has 0 bridgehead atoms. The van der Waals surface area contributed by atoms with Gasteiger partial charge in [-0.05, 0) is 17.7 Å². The molecule has 0 radical (unpaired) electrons. The molecule has 3 aromatic rings. The molecular weight excluding hydrogens is 373 g/mol. The SMILES string of the molecule is O=C1CS[C@@H](c2c(F)cccc2Cl)c2cnn(Cc3ccccc3)c2N1. The van der Waals surface area contributed by atoms with Crippen molar-refractivity contribution in [1.82, 2.24) is 9.78 Å². The average Bonchev–Trinajstić information content (AvgIpc) is 2.92. The van der Waals surface area contributed by atoms with Crippen molar-refractivity contribution in [3.63, 3.8) is 0 Å². The van der Waals surface area contributed by atoms with Crippen molar-refractivity contribution in [2.75, 3.05) is 11.1 Å². The minimum atomic E-state index is -0.401. The number of fused-ring (bicyclic) bond motifs is 1. The molecule has 2 aromatic carbocycles. The highest BCUT2D eigenvalue weighted by Crippen LogP contribution is 2.44. The molecule has 0 saturated carbocycles. The molecule has 7 heteroatoms. The lowest BCUT2D eigenvalue weighted by atomic mass is 10.1. The number of benzene rings is 2. The molecule has 1 aromatic heterocycles. The Morgan fingerprint density at radius 1 is 1.23 bits per heavy atom. The number of hydrogen-bond donors (Lipinski definition) is 1. The molecule has 0 fully saturated rings. The first-order chi connectivity index (χ1) is 12.6. The van der Waals surface area contributed by atoms with E-state index in [1.165, 1.54) is 17.8 Å². The minimum Gasteiger partial charge on any atom is -0.310 e. The predicted octanol–water partition coefficient (Wildman–Crippen LogP) is 4.50. The number of carbonyl (C=O) groups excluding carboxylic acids is 1. The molecule has 4 nitrogen and oxygen atoms in total. The van der Waals surface area contributed by atoms with Crippen molar-refractivity contribution in [2.45, 2.75) is 11.8 Å². The Balaban J connectivity index is 1.78. The molecule has 0 spiro atoms. The van der Waals surface area contributed by atoms with Gasteiger partial charge in [-0.25, -0.2) is 9.07 Å². The maximum absolute atomic E-state index is 14.5. The van der Waals surface area contributed by atoms with Crippen LogP contribution in [-0.2, 0) is 11.3 Å². The Morgan fingerprint density at radius 3 is 2.81 bits per heavy atom. The lowest BCUT2D eigenvalue weighted by molar-refractivity contribution is -0.113. The van der Waals surface area contributed by atoms with Gasteiger partial charge in [0.2, 0.25) is 5.91 Å². The van der Waals surface area contributed by atoms with Gasteiger partial charge in [-0.15, -0.1) is 11.8 Å². The van der Waals surface area contributed by atoms with E-state index in [2.05, 4.69) is 10.4 Å². The number of nitrogens with one attached hydrogen (secondary N) is 1. The summed E-state index contributed by atoms with van der Waals surface area (Å²) in [6, 6.07) is 14.5. The van der Waals surface area contributed by atoms with Crippen molar-refractivity contribution in [1.29, 1.82) is 0 Å². The molecule has 4 rings (SSSR count). The van der Waals surface area contributed by atoms with E-state index in [0.717, 1.165) is 11.1 Å². The van der Waals surface area contributed by atoms with Crippen LogP contribution in [0.5, 0.6) is 0 Å². The molecule has 1 atom stereocenters. The van der Waals surface area contributed by atoms with Crippen molar-refractivity contribution >= 4 is 35.1 Å². The molecule has 26 heavy (non-hydrogen) atoms. The maximum Gasteiger partial charge on any atom is 0.235 e. The second kappa shape index (κ2) is 7.13. The monoisotopic (exact) mass is 387 g/mol. The fourth-order valence-electron chi connectivity index (χ4n) is 3.02. The number of anilines is 1. The molecule has 1 aliphatic rings. The van der Waals surface area contributed by atoms with Crippen LogP contribution < -0.4 is 5.32 Å². The van der Waals surface area contributed by atoms with Gasteiger partial charge >= 0.3 is 0 Å². The highest BCUT2D eigenvalue weighted by Gasteiger charge is 2.30. The summed E-state index contributed by atoms with van der Waals surface area (Å²) in [7, 11) is 0. The maximum atomic E-state index is 14.5. The lowest BCUT2D eigenvalue weighted by Crippen LogP contribution is -2.16. The standard InChI is InChI=1S/C19H15ClFN3OS/c20-14-7-4-8-15(21)17(14)18-13-9-22-24(10-12-5-2-1-3-6-12)19(13)23-16(25)11-26-18/h1-9,18H,10-11H2,(H,23,25)/t18-/m1/s1. The van der Waals surface area contributed by atoms with E-state index >= 15 is 0 Å². The quantitative estimate of drug-likeness (QED) is 0.719. The van der Waals surface area contributed by atoms with Crippen molar-refractivity contribution in [3.05, 3.63) is 82.3 Å². The summed E-state index contributed by atoms with van der Waals surface area (Å²) in [4.78, 5) is 12.2. The number of hydrogen-bond acceptors (Lipinski definition) is 3. The average molecular weight is 388 g/mol. The number of halogens is 2. The summed E-state index contributed by atoms with van der Waals surface area (Å²) in [6.45, 7) is 0.513. The van der Waals surface area contributed by atoms with Crippen LogP contribution in [-0.4, -0.2) is 21.4 Å². The van der Waals surface area contributed by atoms with E-state index in [4.69, 9.17) is 11.6 Å². The molecular formula is C19H15ClFN3OS. The van der Waals surface area contributed by atoms with Crippen LogP contribution in [0.4, 0.5) is 10.2 Å². The van der Waals surface area contributed by atoms with Gasteiger partial charge in [-0.1, -0.05) is 48.0 Å². The van der Waals surface area contributed by atoms with Crippen LogP contribution in [0, 0.1) is 5.82 Å². The highest BCUT2D eigenvalue weighted by molar-refractivity contribution is 8.00. The first-order valence-electron chi connectivity index (χ1n) is 8.08. The largest absolute Gasteiger partial charge is 0.310 e. The van der Waals surface area contributed by atoms with Gasteiger partial charge in [0.15, 0.2) is 0 Å². The van der Waals surface area contributed by atoms with Crippen LogP contribution in [0.25, 0.3) is 0 Å². The highest BCUT2D eigenvalue weighted by atomic mass is 35.5. The van der Waals surface area contributed by atoms with Gasteiger partial charge in [0.25, 0.3) is 0 Å². The summed E-state index contributed by atoms with van der Waals surface area (Å²) in [5, 5.41) is 7.28. The Morgan fingerprint density at radius 2 is 2.04 bits per heavy atom. The normalized spacial score (nSPS) is 16.7. The third-order valence-electron chi connectivity index (χ3n) is 4.23. The van der Waals surface area contributed by atoms with Gasteiger partial charge < -0.3 is 5.32 Å².